The number of nitrogens with one attached hydrogen (secondary N) is 2. The van der Waals surface area contributed by atoms with Crippen molar-refractivity contribution in [3.63, 3.8) is 0 Å². The van der Waals surface area contributed by atoms with Crippen LogP contribution in [0, 0.1) is 12.7 Å². The Morgan fingerprint density at radius 3 is 2.55 bits per heavy atom. The Morgan fingerprint density at radius 1 is 0.952 bits per heavy atom. The summed E-state index contributed by atoms with van der Waals surface area (Å²) in [6.07, 6.45) is 5.13. The third kappa shape index (κ3) is 8.86. The lowest BCUT2D eigenvalue weighted by molar-refractivity contribution is -0.143. The summed E-state index contributed by atoms with van der Waals surface area (Å²) in [6.45, 7) is 4.46. The topological polar surface area (TPSA) is 110 Å². The Morgan fingerprint density at radius 2 is 1.76 bits per heavy atom. The van der Waals surface area contributed by atoms with Crippen LogP contribution in [0.4, 0.5) is 4.39 Å². The maximum atomic E-state index is 14.0. The van der Waals surface area contributed by atoms with E-state index in [9.17, 15) is 18.8 Å². The van der Waals surface area contributed by atoms with Gasteiger partial charge in [-0.1, -0.05) is 29.8 Å². The van der Waals surface area contributed by atoms with Gasteiger partial charge in [0.2, 0.25) is 0 Å². The number of unbranched alkanes of at least 4 members (excludes halogenated alkanes) is 1. The Balaban J connectivity index is 1.28. The number of nitrogens with zero attached hydrogens (tertiary/aromatic N) is 1. The monoisotopic (exact) mass is 571 g/mol. The van der Waals surface area contributed by atoms with E-state index in [-0.39, 0.29) is 36.3 Å². The smallest absolute Gasteiger partial charge is 0.305 e. The molecule has 0 fully saturated rings. The third-order valence-corrected chi connectivity index (χ3v) is 6.50. The van der Waals surface area contributed by atoms with Crippen molar-refractivity contribution in [2.75, 3.05) is 13.2 Å². The highest BCUT2D eigenvalue weighted by atomic mass is 19.1. The second kappa shape index (κ2) is 14.7. The summed E-state index contributed by atoms with van der Waals surface area (Å²) in [5, 5.41) is 2.85. The van der Waals surface area contributed by atoms with Gasteiger partial charge in [-0.15, -0.1) is 0 Å². The van der Waals surface area contributed by atoms with Crippen molar-refractivity contribution in [1.82, 2.24) is 15.3 Å². The zero-order chi connectivity index (χ0) is 29.9. The predicted molar refractivity (Wildman–Crippen MR) is 157 cm³/mol. The lowest BCUT2D eigenvalue weighted by Crippen LogP contribution is -2.24. The molecule has 0 radical (unpaired) electrons. The van der Waals surface area contributed by atoms with Gasteiger partial charge in [-0.3, -0.25) is 19.4 Å². The molecule has 0 unspecified atom stereocenters. The van der Waals surface area contributed by atoms with Crippen LogP contribution in [0.2, 0.25) is 0 Å². The number of rotatable bonds is 14. The molecular formula is C33H34FN3O5. The number of hydrogen-bond donors (Lipinski definition) is 2. The van der Waals surface area contributed by atoms with Gasteiger partial charge in [-0.25, -0.2) is 4.39 Å². The van der Waals surface area contributed by atoms with Gasteiger partial charge >= 0.3 is 5.97 Å². The number of aromatic nitrogens is 2. The Kier molecular flexibility index (Phi) is 10.6. The van der Waals surface area contributed by atoms with E-state index in [4.69, 9.17) is 9.47 Å². The lowest BCUT2D eigenvalue weighted by atomic mass is 10.0. The SMILES string of the molecule is CCOC(=O)CCCCNC(=O)c1c[nH]c(-c2cc(Oc3ccc(CC(=O)Cc4cc(C)ccc4F)cc3)ccn2)c1. The van der Waals surface area contributed by atoms with Gasteiger partial charge in [0.1, 0.15) is 23.1 Å². The molecule has 0 aliphatic carbocycles. The van der Waals surface area contributed by atoms with Crippen LogP contribution in [0.3, 0.4) is 0 Å². The molecule has 2 aromatic carbocycles. The second-order valence-electron chi connectivity index (χ2n) is 9.93. The predicted octanol–water partition coefficient (Wildman–Crippen LogP) is 6.13. The molecule has 0 bridgehead atoms. The standard InChI is InChI=1S/C33H34FN3O5/c1-3-41-32(39)6-4-5-14-36-33(40)25-19-30(37-21-25)31-20-28(13-15-35-31)42-27-10-8-23(9-11-27)17-26(38)18-24-16-22(2)7-12-29(24)34/h7-13,15-16,19-21,37H,3-6,14,17-18H2,1-2H3,(H,36,40). The van der Waals surface area contributed by atoms with Crippen LogP contribution in [0.5, 0.6) is 11.5 Å². The van der Waals surface area contributed by atoms with Crippen LogP contribution in [0.1, 0.15) is 53.2 Å². The van der Waals surface area contributed by atoms with Crippen LogP contribution >= 0.6 is 0 Å². The molecule has 4 rings (SSSR count). The molecule has 0 aliphatic heterocycles. The van der Waals surface area contributed by atoms with Gasteiger partial charge in [0.25, 0.3) is 5.91 Å². The molecule has 0 atom stereocenters. The number of benzene rings is 2. The number of carbonyl (C=O) groups is 3. The fourth-order valence-corrected chi connectivity index (χ4v) is 4.38. The van der Waals surface area contributed by atoms with Gasteiger partial charge in [0.05, 0.1) is 23.6 Å². The van der Waals surface area contributed by atoms with Gasteiger partial charge in [-0.2, -0.15) is 0 Å². The van der Waals surface area contributed by atoms with E-state index in [1.807, 2.05) is 19.1 Å². The van der Waals surface area contributed by atoms with Crippen LogP contribution in [0.15, 0.2) is 73.1 Å². The van der Waals surface area contributed by atoms with E-state index in [1.54, 1.807) is 61.8 Å². The number of pyridine rings is 1. The number of Topliss-reactive ketones (excluding diaryl/α,β-unsaturated/α-hetero) is 1. The van der Waals surface area contributed by atoms with Crippen molar-refractivity contribution in [1.29, 1.82) is 0 Å². The number of halogens is 1. The van der Waals surface area contributed by atoms with Crippen molar-refractivity contribution in [3.8, 4) is 22.9 Å². The molecule has 1 amide bonds. The summed E-state index contributed by atoms with van der Waals surface area (Å²) in [7, 11) is 0. The van der Waals surface area contributed by atoms with E-state index in [0.29, 0.717) is 66.4 Å². The zero-order valence-electron chi connectivity index (χ0n) is 23.7. The number of ether oxygens (including phenoxy) is 2. The molecule has 4 aromatic rings. The van der Waals surface area contributed by atoms with Gasteiger partial charge in [0.15, 0.2) is 0 Å². The average molecular weight is 572 g/mol. The highest BCUT2D eigenvalue weighted by molar-refractivity contribution is 5.95. The molecule has 2 aromatic heterocycles. The zero-order valence-corrected chi connectivity index (χ0v) is 23.7. The van der Waals surface area contributed by atoms with Crippen LogP contribution < -0.4 is 10.1 Å². The van der Waals surface area contributed by atoms with E-state index in [1.165, 1.54) is 6.07 Å². The number of hydrogen-bond acceptors (Lipinski definition) is 6. The van der Waals surface area contributed by atoms with Gasteiger partial charge < -0.3 is 19.8 Å². The molecule has 8 nitrogen and oxygen atoms in total. The number of carbonyl (C=O) groups excluding carboxylic acids is 3. The molecular weight excluding hydrogens is 537 g/mol. The summed E-state index contributed by atoms with van der Waals surface area (Å²) in [5.74, 6) is 0.259. The van der Waals surface area contributed by atoms with Crippen molar-refractivity contribution in [2.45, 2.75) is 46.0 Å². The van der Waals surface area contributed by atoms with Crippen LogP contribution in [-0.2, 0) is 27.2 Å². The maximum Gasteiger partial charge on any atom is 0.305 e. The first-order chi connectivity index (χ1) is 20.3. The summed E-state index contributed by atoms with van der Waals surface area (Å²) in [4.78, 5) is 43.9. The first kappa shape index (κ1) is 30.2. The Labute approximate surface area is 244 Å². The molecule has 0 aliphatic rings. The average Bonchev–Trinajstić information content (AvgIpc) is 3.47. The van der Waals surface area contributed by atoms with Crippen molar-refractivity contribution in [2.24, 2.45) is 0 Å². The highest BCUT2D eigenvalue weighted by Gasteiger charge is 2.12. The number of aromatic amines is 1. The van der Waals surface area contributed by atoms with E-state index < -0.39 is 0 Å². The third-order valence-electron chi connectivity index (χ3n) is 6.50. The largest absolute Gasteiger partial charge is 0.466 e. The minimum Gasteiger partial charge on any atom is -0.466 e. The van der Waals surface area contributed by atoms with Crippen molar-refractivity contribution >= 4 is 17.7 Å². The van der Waals surface area contributed by atoms with Gasteiger partial charge in [0, 0.05) is 44.3 Å². The van der Waals surface area contributed by atoms with Crippen LogP contribution in [0.25, 0.3) is 11.4 Å². The molecule has 218 valence electrons. The fourth-order valence-electron chi connectivity index (χ4n) is 4.38. The summed E-state index contributed by atoms with van der Waals surface area (Å²) in [6, 6.07) is 17.2. The summed E-state index contributed by atoms with van der Waals surface area (Å²) < 4.78 is 24.9. The molecule has 2 N–H and O–H groups in total. The normalized spacial score (nSPS) is 10.7. The molecule has 42 heavy (non-hydrogen) atoms. The molecule has 0 spiro atoms. The quantitative estimate of drug-likeness (QED) is 0.139. The van der Waals surface area contributed by atoms with Crippen molar-refractivity contribution in [3.05, 3.63) is 101 Å². The summed E-state index contributed by atoms with van der Waals surface area (Å²) >= 11 is 0. The Hall–Kier alpha value is -4.79. The minimum absolute atomic E-state index is 0.0464. The first-order valence-electron chi connectivity index (χ1n) is 13.9. The number of ketones is 1. The van der Waals surface area contributed by atoms with Gasteiger partial charge in [-0.05, 0) is 68.1 Å². The maximum absolute atomic E-state index is 14.0. The van der Waals surface area contributed by atoms with Crippen LogP contribution in [-0.4, -0.2) is 40.8 Å². The van der Waals surface area contributed by atoms with E-state index >= 15 is 0 Å². The minimum atomic E-state index is -0.368. The lowest BCUT2D eigenvalue weighted by Gasteiger charge is -2.08. The van der Waals surface area contributed by atoms with Crippen molar-refractivity contribution < 1.29 is 28.2 Å². The molecule has 2 heterocycles. The molecule has 0 saturated heterocycles. The first-order valence-corrected chi connectivity index (χ1v) is 13.9. The molecule has 0 saturated carbocycles. The van der Waals surface area contributed by atoms with E-state index in [2.05, 4.69) is 15.3 Å². The number of aryl methyl sites for hydroxylation is 1. The highest BCUT2D eigenvalue weighted by Crippen LogP contribution is 2.26. The molecule has 9 heteroatoms. The van der Waals surface area contributed by atoms with E-state index in [0.717, 1.165) is 11.1 Å². The number of amides is 1. The second-order valence-corrected chi connectivity index (χ2v) is 9.93. The number of H-pyrrole nitrogens is 1. The fraction of sp³-hybridized carbons (Fsp3) is 0.273. The summed E-state index contributed by atoms with van der Waals surface area (Å²) in [5.41, 5.74) is 3.87. The number of esters is 1. The Bertz CT molecular complexity index is 1530.